The monoisotopic (exact) mass is 154 g/mol. The lowest BCUT2D eigenvalue weighted by Gasteiger charge is -2.03. The Morgan fingerprint density at radius 2 is 2.55 bits per heavy atom. The summed E-state index contributed by atoms with van der Waals surface area (Å²) < 4.78 is 4.88. The van der Waals surface area contributed by atoms with Gasteiger partial charge in [-0.1, -0.05) is 13.0 Å². The van der Waals surface area contributed by atoms with Gasteiger partial charge in [-0.3, -0.25) is 4.79 Å². The van der Waals surface area contributed by atoms with E-state index in [0.717, 1.165) is 6.42 Å². The van der Waals surface area contributed by atoms with Gasteiger partial charge in [0, 0.05) is 12.8 Å². The first-order chi connectivity index (χ1) is 5.08. The number of ether oxygens (including phenoxy) is 1. The first kappa shape index (κ1) is 8.31. The third kappa shape index (κ3) is 1.82. The van der Waals surface area contributed by atoms with Gasteiger partial charge in [0.2, 0.25) is 0 Å². The third-order valence-electron chi connectivity index (χ3n) is 2.41. The summed E-state index contributed by atoms with van der Waals surface area (Å²) >= 11 is 0. The van der Waals surface area contributed by atoms with Crippen LogP contribution in [0.3, 0.4) is 0 Å². The molecule has 1 saturated carbocycles. The number of carbonyl (C=O) groups is 1. The average Bonchev–Trinajstić information content (AvgIpc) is 2.59. The highest BCUT2D eigenvalue weighted by Gasteiger charge is 2.47. The van der Waals surface area contributed by atoms with Gasteiger partial charge in [0.05, 0.1) is 6.61 Å². The molecule has 2 unspecified atom stereocenters. The molecule has 0 amide bonds. The lowest BCUT2D eigenvalue weighted by molar-refractivity contribution is -0.141. The van der Waals surface area contributed by atoms with Crippen LogP contribution in [-0.2, 0) is 9.53 Å². The van der Waals surface area contributed by atoms with Crippen molar-refractivity contribution in [1.82, 2.24) is 0 Å². The van der Waals surface area contributed by atoms with Crippen LogP contribution >= 0.6 is 0 Å². The van der Waals surface area contributed by atoms with Gasteiger partial charge in [0.15, 0.2) is 0 Å². The van der Waals surface area contributed by atoms with Gasteiger partial charge in [0.1, 0.15) is 0 Å². The van der Waals surface area contributed by atoms with Crippen molar-refractivity contribution in [3.8, 4) is 0 Å². The average molecular weight is 154 g/mol. The lowest BCUT2D eigenvalue weighted by Crippen LogP contribution is -2.05. The number of hydrogen-bond acceptors (Lipinski definition) is 2. The van der Waals surface area contributed by atoms with E-state index in [2.05, 4.69) is 13.5 Å². The maximum Gasteiger partial charge on any atom is 0.302 e. The van der Waals surface area contributed by atoms with Crippen LogP contribution in [0.15, 0.2) is 12.7 Å². The molecule has 0 aromatic carbocycles. The quantitative estimate of drug-likeness (QED) is 0.457. The number of hydrogen-bond donors (Lipinski definition) is 0. The molecule has 0 aromatic rings. The van der Waals surface area contributed by atoms with Crippen LogP contribution in [0.1, 0.15) is 20.3 Å². The Labute approximate surface area is 67.2 Å². The van der Waals surface area contributed by atoms with Crippen molar-refractivity contribution in [1.29, 1.82) is 0 Å². The molecule has 0 aromatic heterocycles. The first-order valence-electron chi connectivity index (χ1n) is 3.85. The second-order valence-electron chi connectivity index (χ2n) is 3.41. The summed E-state index contributed by atoms with van der Waals surface area (Å²) in [6, 6.07) is 0. The summed E-state index contributed by atoms with van der Waals surface area (Å²) in [5, 5.41) is 0. The van der Waals surface area contributed by atoms with Crippen molar-refractivity contribution < 1.29 is 9.53 Å². The number of esters is 1. The Morgan fingerprint density at radius 3 is 2.91 bits per heavy atom. The summed E-state index contributed by atoms with van der Waals surface area (Å²) in [5.74, 6) is 0.312. The van der Waals surface area contributed by atoms with Crippen molar-refractivity contribution in [3.05, 3.63) is 12.7 Å². The minimum absolute atomic E-state index is 0.191. The fraction of sp³-hybridized carbons (Fsp3) is 0.667. The molecule has 62 valence electrons. The molecule has 0 spiro atoms. The zero-order chi connectivity index (χ0) is 8.48. The molecule has 0 radical (unpaired) electrons. The molecular weight excluding hydrogens is 140 g/mol. The van der Waals surface area contributed by atoms with Crippen molar-refractivity contribution in [2.75, 3.05) is 6.61 Å². The van der Waals surface area contributed by atoms with E-state index in [1.165, 1.54) is 6.92 Å². The van der Waals surface area contributed by atoms with Crippen LogP contribution in [-0.4, -0.2) is 12.6 Å². The largest absolute Gasteiger partial charge is 0.466 e. The molecule has 0 heterocycles. The molecule has 2 nitrogen and oxygen atoms in total. The van der Waals surface area contributed by atoms with Crippen LogP contribution in [0, 0.1) is 11.3 Å². The summed E-state index contributed by atoms with van der Waals surface area (Å²) in [6.07, 6.45) is 3.05. The van der Waals surface area contributed by atoms with Crippen LogP contribution in [0.5, 0.6) is 0 Å². The number of carbonyl (C=O) groups excluding carboxylic acids is 1. The van der Waals surface area contributed by atoms with Gasteiger partial charge in [-0.15, -0.1) is 6.58 Å². The van der Waals surface area contributed by atoms with Crippen molar-refractivity contribution >= 4 is 5.97 Å². The molecule has 2 heteroatoms. The van der Waals surface area contributed by atoms with E-state index in [1.807, 2.05) is 6.08 Å². The Kier molecular flexibility index (Phi) is 2.03. The third-order valence-corrected chi connectivity index (χ3v) is 2.41. The predicted molar refractivity (Wildman–Crippen MR) is 43.0 cm³/mol. The molecule has 1 aliphatic carbocycles. The molecule has 0 N–H and O–H groups in total. The van der Waals surface area contributed by atoms with E-state index >= 15 is 0 Å². The molecule has 1 rings (SSSR count). The number of rotatable bonds is 3. The highest BCUT2D eigenvalue weighted by atomic mass is 16.5. The summed E-state index contributed by atoms with van der Waals surface area (Å²) in [4.78, 5) is 10.4. The summed E-state index contributed by atoms with van der Waals surface area (Å²) in [7, 11) is 0. The predicted octanol–water partition coefficient (Wildman–Crippen LogP) is 1.76. The van der Waals surface area contributed by atoms with E-state index in [9.17, 15) is 4.79 Å². The van der Waals surface area contributed by atoms with E-state index < -0.39 is 0 Å². The Bertz CT molecular complexity index is 186. The zero-order valence-electron chi connectivity index (χ0n) is 7.09. The van der Waals surface area contributed by atoms with Crippen molar-refractivity contribution in [2.45, 2.75) is 20.3 Å². The van der Waals surface area contributed by atoms with Gasteiger partial charge in [-0.05, 0) is 11.8 Å². The van der Waals surface area contributed by atoms with Crippen molar-refractivity contribution in [2.24, 2.45) is 11.3 Å². The van der Waals surface area contributed by atoms with Crippen LogP contribution in [0.25, 0.3) is 0 Å². The molecule has 1 aliphatic rings. The highest BCUT2D eigenvalue weighted by molar-refractivity contribution is 5.65. The van der Waals surface area contributed by atoms with Gasteiger partial charge in [-0.2, -0.15) is 0 Å². The van der Waals surface area contributed by atoms with Gasteiger partial charge < -0.3 is 4.74 Å². The molecule has 11 heavy (non-hydrogen) atoms. The fourth-order valence-electron chi connectivity index (χ4n) is 1.19. The van der Waals surface area contributed by atoms with E-state index in [1.54, 1.807) is 0 Å². The smallest absolute Gasteiger partial charge is 0.302 e. The Hall–Kier alpha value is -0.790. The molecule has 1 fully saturated rings. The molecule has 0 saturated heterocycles. The number of allylic oxidation sites excluding steroid dienone is 1. The minimum atomic E-state index is -0.191. The maximum atomic E-state index is 10.4. The van der Waals surface area contributed by atoms with Crippen LogP contribution in [0.2, 0.25) is 0 Å². The molecule has 2 atom stereocenters. The Morgan fingerprint density at radius 1 is 1.91 bits per heavy atom. The SMILES string of the molecule is C=CC1(C)CC1COC(C)=O. The lowest BCUT2D eigenvalue weighted by atomic mass is 10.1. The fourth-order valence-corrected chi connectivity index (χ4v) is 1.19. The molecule has 0 bridgehead atoms. The summed E-state index contributed by atoms with van der Waals surface area (Å²) in [5.41, 5.74) is 0.232. The molecular formula is C9H14O2. The van der Waals surface area contributed by atoms with Crippen LogP contribution < -0.4 is 0 Å². The Balaban J connectivity index is 2.23. The topological polar surface area (TPSA) is 26.3 Å². The second-order valence-corrected chi connectivity index (χ2v) is 3.41. The second kappa shape index (κ2) is 2.68. The highest BCUT2D eigenvalue weighted by Crippen LogP contribution is 2.52. The standard InChI is InChI=1S/C9H14O2/c1-4-9(3)5-8(9)6-11-7(2)10/h4,8H,1,5-6H2,2-3H3. The maximum absolute atomic E-state index is 10.4. The normalized spacial score (nSPS) is 34.5. The van der Waals surface area contributed by atoms with E-state index in [4.69, 9.17) is 4.74 Å². The summed E-state index contributed by atoms with van der Waals surface area (Å²) in [6.45, 7) is 7.86. The van der Waals surface area contributed by atoms with Gasteiger partial charge >= 0.3 is 5.97 Å². The zero-order valence-corrected chi connectivity index (χ0v) is 7.09. The first-order valence-corrected chi connectivity index (χ1v) is 3.85. The van der Waals surface area contributed by atoms with Gasteiger partial charge in [0.25, 0.3) is 0 Å². The molecule has 0 aliphatic heterocycles. The van der Waals surface area contributed by atoms with E-state index in [0.29, 0.717) is 12.5 Å². The minimum Gasteiger partial charge on any atom is -0.466 e. The van der Waals surface area contributed by atoms with Crippen LogP contribution in [0.4, 0.5) is 0 Å². The van der Waals surface area contributed by atoms with Crippen molar-refractivity contribution in [3.63, 3.8) is 0 Å². The van der Waals surface area contributed by atoms with Gasteiger partial charge in [-0.25, -0.2) is 0 Å². The van der Waals surface area contributed by atoms with E-state index in [-0.39, 0.29) is 11.4 Å².